The molecule has 0 atom stereocenters. The third-order valence-corrected chi connectivity index (χ3v) is 5.37. The lowest BCUT2D eigenvalue weighted by Gasteiger charge is -2.09. The van der Waals surface area contributed by atoms with Gasteiger partial charge < -0.3 is 10.5 Å². The monoisotopic (exact) mass is 442 g/mol. The molecular formula is C20H21ClN7O3+. The summed E-state index contributed by atoms with van der Waals surface area (Å²) in [5.41, 5.74) is 8.59. The summed E-state index contributed by atoms with van der Waals surface area (Å²) in [6, 6.07) is 5.43. The van der Waals surface area contributed by atoms with Gasteiger partial charge in [-0.15, -0.1) is 0 Å². The van der Waals surface area contributed by atoms with E-state index in [-0.39, 0.29) is 35.5 Å². The molecular weight excluding hydrogens is 422 g/mol. The van der Waals surface area contributed by atoms with Crippen LogP contribution in [0.15, 0.2) is 35.4 Å². The van der Waals surface area contributed by atoms with Gasteiger partial charge in [-0.2, -0.15) is 9.97 Å². The Morgan fingerprint density at radius 2 is 2.00 bits per heavy atom. The maximum absolute atomic E-state index is 13.4. The van der Waals surface area contributed by atoms with Crippen molar-refractivity contribution in [3.05, 3.63) is 68.7 Å². The lowest BCUT2D eigenvalue weighted by Crippen LogP contribution is -2.39. The van der Waals surface area contributed by atoms with Gasteiger partial charge in [0.25, 0.3) is 5.69 Å². The van der Waals surface area contributed by atoms with Gasteiger partial charge in [-0.05, 0) is 26.0 Å². The van der Waals surface area contributed by atoms with Crippen molar-refractivity contribution >= 4 is 28.7 Å². The van der Waals surface area contributed by atoms with Crippen LogP contribution in [0.2, 0.25) is 5.15 Å². The van der Waals surface area contributed by atoms with E-state index in [1.54, 1.807) is 25.4 Å². The topological polar surface area (TPSA) is 125 Å². The summed E-state index contributed by atoms with van der Waals surface area (Å²) in [6.45, 7) is 3.81. The molecule has 0 amide bonds. The molecule has 3 N–H and O–H groups in total. The first-order valence-electron chi connectivity index (χ1n) is 9.41. The zero-order valence-electron chi connectivity index (χ0n) is 17.2. The summed E-state index contributed by atoms with van der Waals surface area (Å²) in [5.74, 6) is 0.564. The number of imidazole rings is 1. The average Bonchev–Trinajstić information content (AvgIpc) is 2.97. The number of anilines is 1. The second-order valence-corrected chi connectivity index (χ2v) is 7.44. The molecule has 4 aromatic heterocycles. The van der Waals surface area contributed by atoms with Crippen LogP contribution in [-0.2, 0) is 13.1 Å². The number of rotatable bonds is 5. The number of nitrogen functional groups attached to an aromatic ring is 1. The molecule has 10 nitrogen and oxygen atoms in total. The number of halogens is 1. The normalized spacial score (nSPS) is 11.2. The molecule has 0 aliphatic carbocycles. The largest absolute Gasteiger partial charge is 0.496 e. The Labute approximate surface area is 182 Å². The predicted molar refractivity (Wildman–Crippen MR) is 113 cm³/mol. The minimum atomic E-state index is -0.388. The lowest BCUT2D eigenvalue weighted by atomic mass is 10.1. The number of hydrogen-bond acceptors (Lipinski definition) is 7. The molecule has 0 aliphatic rings. The van der Waals surface area contributed by atoms with Crippen molar-refractivity contribution in [2.75, 3.05) is 12.8 Å². The maximum Gasteiger partial charge on any atom is 0.331 e. The molecule has 0 spiro atoms. The first kappa shape index (κ1) is 20.6. The minimum Gasteiger partial charge on any atom is -0.496 e. The van der Waals surface area contributed by atoms with E-state index in [1.807, 2.05) is 19.9 Å². The van der Waals surface area contributed by atoms with Gasteiger partial charge in [0.15, 0.2) is 10.8 Å². The fraction of sp³-hybridized carbons (Fsp3) is 0.250. The van der Waals surface area contributed by atoms with E-state index in [1.165, 1.54) is 15.3 Å². The molecule has 0 fully saturated rings. The molecule has 0 aromatic carbocycles. The second-order valence-electron chi connectivity index (χ2n) is 7.08. The SMILES string of the molecule is COc1c(C)c[n+](O)c(Cn2c(=O)n(Cc3ccccn3)c3c(Cl)nc(N)nc32)c1C. The third kappa shape index (κ3) is 3.55. The van der Waals surface area contributed by atoms with Gasteiger partial charge in [-0.3, -0.25) is 19.3 Å². The smallest absolute Gasteiger partial charge is 0.331 e. The van der Waals surface area contributed by atoms with E-state index < -0.39 is 0 Å². The highest BCUT2D eigenvalue weighted by Crippen LogP contribution is 2.25. The number of methoxy groups -OCH3 is 1. The molecule has 160 valence electrons. The van der Waals surface area contributed by atoms with Gasteiger partial charge in [0, 0.05) is 10.9 Å². The number of aromatic nitrogens is 6. The molecule has 0 radical (unpaired) electrons. The Morgan fingerprint density at radius 1 is 1.23 bits per heavy atom. The van der Waals surface area contributed by atoms with Crippen LogP contribution in [0.3, 0.4) is 0 Å². The Hall–Kier alpha value is -3.66. The van der Waals surface area contributed by atoms with Crippen LogP contribution in [0.5, 0.6) is 5.75 Å². The molecule has 0 bridgehead atoms. The number of nitrogens with zero attached hydrogens (tertiary/aromatic N) is 6. The number of hydrogen-bond donors (Lipinski definition) is 2. The summed E-state index contributed by atoms with van der Waals surface area (Å²) >= 11 is 6.35. The molecule has 11 heteroatoms. The van der Waals surface area contributed by atoms with Crippen LogP contribution in [-0.4, -0.2) is 36.4 Å². The van der Waals surface area contributed by atoms with Crippen LogP contribution in [0.4, 0.5) is 5.95 Å². The van der Waals surface area contributed by atoms with Crippen molar-refractivity contribution in [3.8, 4) is 5.75 Å². The summed E-state index contributed by atoms with van der Waals surface area (Å²) in [5, 5.41) is 10.6. The average molecular weight is 443 g/mol. The van der Waals surface area contributed by atoms with Gasteiger partial charge in [-0.1, -0.05) is 17.7 Å². The van der Waals surface area contributed by atoms with Crippen LogP contribution in [0.1, 0.15) is 22.5 Å². The molecule has 0 unspecified atom stereocenters. The maximum atomic E-state index is 13.4. The Morgan fingerprint density at radius 3 is 2.68 bits per heavy atom. The lowest BCUT2D eigenvalue weighted by molar-refractivity contribution is -0.910. The quantitative estimate of drug-likeness (QED) is 0.272. The van der Waals surface area contributed by atoms with E-state index in [9.17, 15) is 10.0 Å². The second kappa shape index (κ2) is 7.88. The highest BCUT2D eigenvalue weighted by atomic mass is 35.5. The Balaban J connectivity index is 1.94. The summed E-state index contributed by atoms with van der Waals surface area (Å²) in [4.78, 5) is 26.0. The van der Waals surface area contributed by atoms with Gasteiger partial charge in [-0.25, -0.2) is 4.79 Å². The molecule has 0 aliphatic heterocycles. The molecule has 4 aromatic rings. The zero-order chi connectivity index (χ0) is 22.3. The van der Waals surface area contributed by atoms with Crippen LogP contribution in [0.25, 0.3) is 11.2 Å². The Kier molecular flexibility index (Phi) is 5.24. The fourth-order valence-corrected chi connectivity index (χ4v) is 3.97. The van der Waals surface area contributed by atoms with E-state index in [2.05, 4.69) is 15.0 Å². The predicted octanol–water partition coefficient (Wildman–Crippen LogP) is 1.47. The van der Waals surface area contributed by atoms with Crippen molar-refractivity contribution in [2.24, 2.45) is 0 Å². The minimum absolute atomic E-state index is 0.0102. The fourth-order valence-electron chi connectivity index (χ4n) is 3.70. The highest BCUT2D eigenvalue weighted by Gasteiger charge is 2.26. The standard InChI is InChI=1S/C20H21ClN7O3/c1-11-8-28(30)14(12(2)16(11)31-3)10-27-18-15(17(21)24-19(22)25-18)26(20(27)29)9-13-6-4-5-7-23-13/h4-8,30H,9-10H2,1-3H3,(H2,22,24,25)/q+1. The number of pyridine rings is 2. The molecule has 31 heavy (non-hydrogen) atoms. The number of nitrogens with two attached hydrogens (primary N) is 1. The van der Waals surface area contributed by atoms with E-state index in [0.29, 0.717) is 28.2 Å². The zero-order valence-corrected chi connectivity index (χ0v) is 18.0. The van der Waals surface area contributed by atoms with Crippen molar-refractivity contribution in [1.82, 2.24) is 24.1 Å². The summed E-state index contributed by atoms with van der Waals surface area (Å²) < 4.78 is 9.28. The molecule has 4 rings (SSSR count). The van der Waals surface area contributed by atoms with Crippen molar-refractivity contribution in [1.29, 1.82) is 0 Å². The number of aryl methyl sites for hydroxylation is 1. The molecule has 0 saturated carbocycles. The number of fused-ring (bicyclic) bond motifs is 1. The van der Waals surface area contributed by atoms with Crippen molar-refractivity contribution < 1.29 is 14.7 Å². The molecule has 4 heterocycles. The van der Waals surface area contributed by atoms with Crippen LogP contribution < -0.4 is 20.9 Å². The van der Waals surface area contributed by atoms with Crippen molar-refractivity contribution in [2.45, 2.75) is 26.9 Å². The van der Waals surface area contributed by atoms with Gasteiger partial charge in [0.1, 0.15) is 17.8 Å². The van der Waals surface area contributed by atoms with Crippen LogP contribution >= 0.6 is 11.6 Å². The number of ether oxygens (including phenoxy) is 1. The van der Waals surface area contributed by atoms with E-state index >= 15 is 0 Å². The van der Waals surface area contributed by atoms with Gasteiger partial charge in [0.05, 0.1) is 30.5 Å². The first-order chi connectivity index (χ1) is 14.8. The summed E-state index contributed by atoms with van der Waals surface area (Å²) in [7, 11) is 1.55. The highest BCUT2D eigenvalue weighted by molar-refractivity contribution is 6.33. The Bertz CT molecular complexity index is 1350. The molecule has 0 saturated heterocycles. The summed E-state index contributed by atoms with van der Waals surface area (Å²) in [6.07, 6.45) is 3.17. The first-order valence-corrected chi connectivity index (χ1v) is 9.79. The van der Waals surface area contributed by atoms with Crippen LogP contribution in [0, 0.1) is 13.8 Å². The van der Waals surface area contributed by atoms with Gasteiger partial charge >= 0.3 is 5.69 Å². The van der Waals surface area contributed by atoms with Gasteiger partial charge in [0.2, 0.25) is 12.1 Å². The third-order valence-electron chi connectivity index (χ3n) is 5.11. The van der Waals surface area contributed by atoms with E-state index in [0.717, 1.165) is 10.3 Å². The van der Waals surface area contributed by atoms with Crippen molar-refractivity contribution in [3.63, 3.8) is 0 Å². The van der Waals surface area contributed by atoms with E-state index in [4.69, 9.17) is 22.1 Å².